The van der Waals surface area contributed by atoms with Crippen molar-refractivity contribution in [3.8, 4) is 0 Å². The molecule has 3 N–H and O–H groups in total. The van der Waals surface area contributed by atoms with Crippen LogP contribution in [0.15, 0.2) is 36.5 Å². The first-order valence-corrected chi connectivity index (χ1v) is 14.4. The van der Waals surface area contributed by atoms with Crippen LogP contribution < -0.4 is 16.1 Å². The molecule has 4 amide bonds. The number of rotatable bonds is 16. The molecule has 43 heavy (non-hydrogen) atoms. The third-order valence-electron chi connectivity index (χ3n) is 6.02. The van der Waals surface area contributed by atoms with Crippen LogP contribution in [0.25, 0.3) is 10.9 Å². The van der Waals surface area contributed by atoms with E-state index < -0.39 is 60.8 Å². The van der Waals surface area contributed by atoms with Gasteiger partial charge in [-0.2, -0.15) is 0 Å². The summed E-state index contributed by atoms with van der Waals surface area (Å²) in [5.74, 6) is -1.98. The van der Waals surface area contributed by atoms with Gasteiger partial charge >= 0.3 is 12.0 Å². The molecule has 0 bridgehead atoms. The van der Waals surface area contributed by atoms with Crippen LogP contribution in [0.4, 0.5) is 4.79 Å². The Balaban J connectivity index is 2.44. The minimum atomic E-state index is -1.33. The molecule has 0 aliphatic rings. The number of pyridine rings is 1. The summed E-state index contributed by atoms with van der Waals surface area (Å²) in [6.07, 6.45) is 0.436. The van der Waals surface area contributed by atoms with Crippen LogP contribution in [-0.2, 0) is 40.0 Å². The topological polar surface area (TPSA) is 157 Å². The summed E-state index contributed by atoms with van der Waals surface area (Å²) in [6, 6.07) is 6.81. The maximum absolute atomic E-state index is 14.3. The molecule has 13 nitrogen and oxygen atoms in total. The number of esters is 1. The van der Waals surface area contributed by atoms with E-state index in [4.69, 9.17) is 19.0 Å². The van der Waals surface area contributed by atoms with Crippen molar-refractivity contribution in [2.24, 2.45) is 0 Å². The molecule has 238 valence electrons. The lowest BCUT2D eigenvalue weighted by atomic mass is 10.1. The summed E-state index contributed by atoms with van der Waals surface area (Å²) in [7, 11) is 0. The van der Waals surface area contributed by atoms with Gasteiger partial charge in [0.05, 0.1) is 18.0 Å². The van der Waals surface area contributed by atoms with Gasteiger partial charge < -0.3 is 29.7 Å². The molecule has 2 rings (SSSR count). The Hall–Kier alpha value is -3.81. The SMILES string of the molecule is CCNC(=O)NOCC(=O)NC(CC(=O)OC(C)(C)C)C(=O)N(Cc1cccc2cccnc12)[C@@H](C)C(OCC)OCC. The first kappa shape index (κ1) is 35.4. The number of nitrogens with zero attached hydrogens (tertiary/aromatic N) is 2. The molecule has 1 heterocycles. The predicted molar refractivity (Wildman–Crippen MR) is 159 cm³/mol. The van der Waals surface area contributed by atoms with Crippen LogP contribution in [0.5, 0.6) is 0 Å². The van der Waals surface area contributed by atoms with E-state index in [1.807, 2.05) is 44.2 Å². The Morgan fingerprint density at radius 3 is 2.30 bits per heavy atom. The molecule has 0 radical (unpaired) electrons. The van der Waals surface area contributed by atoms with E-state index >= 15 is 0 Å². The molecule has 2 atom stereocenters. The van der Waals surface area contributed by atoms with E-state index in [1.54, 1.807) is 40.8 Å². The largest absolute Gasteiger partial charge is 0.460 e. The predicted octanol–water partition coefficient (Wildman–Crippen LogP) is 2.82. The standard InChI is InChI=1S/C30H45N5O8/c1-8-31-29(39)34-42-19-24(36)33-23(17-25(37)43-30(5,6)7)27(38)35(20(4)28(40-9-2)41-10-3)18-22-14-11-13-21-15-12-16-32-26(21)22/h11-16,20,23,28H,8-10,17-19H2,1-7H3,(H,33,36)(H2,31,34,39)/t20-,23?/m0/s1. The number of ether oxygens (including phenoxy) is 3. The fourth-order valence-corrected chi connectivity index (χ4v) is 4.25. The molecule has 0 aliphatic carbocycles. The highest BCUT2D eigenvalue weighted by Gasteiger charge is 2.36. The van der Waals surface area contributed by atoms with Crippen molar-refractivity contribution >= 4 is 34.7 Å². The van der Waals surface area contributed by atoms with E-state index in [1.165, 1.54) is 4.90 Å². The molecule has 1 aromatic carbocycles. The molecule has 0 saturated heterocycles. The fourth-order valence-electron chi connectivity index (χ4n) is 4.25. The lowest BCUT2D eigenvalue weighted by molar-refractivity contribution is -0.180. The highest BCUT2D eigenvalue weighted by molar-refractivity contribution is 5.92. The number of hydrogen-bond acceptors (Lipinski definition) is 9. The van der Waals surface area contributed by atoms with E-state index in [-0.39, 0.29) is 6.54 Å². The van der Waals surface area contributed by atoms with Crippen molar-refractivity contribution in [2.45, 2.75) is 85.4 Å². The van der Waals surface area contributed by atoms with E-state index in [0.717, 1.165) is 10.9 Å². The van der Waals surface area contributed by atoms with Gasteiger partial charge in [0.1, 0.15) is 11.6 Å². The number of carbonyl (C=O) groups is 4. The van der Waals surface area contributed by atoms with Gasteiger partial charge in [-0.15, -0.1) is 0 Å². The number of fused-ring (bicyclic) bond motifs is 1. The van der Waals surface area contributed by atoms with Crippen molar-refractivity contribution < 1.29 is 38.2 Å². The number of benzene rings is 1. The molecule has 1 unspecified atom stereocenters. The summed E-state index contributed by atoms with van der Waals surface area (Å²) in [5.41, 5.74) is 2.73. The average Bonchev–Trinajstić information content (AvgIpc) is 2.94. The fraction of sp³-hybridized carbons (Fsp3) is 0.567. The monoisotopic (exact) mass is 603 g/mol. The number of hydroxylamine groups is 1. The Kier molecular flexibility index (Phi) is 14.3. The number of aromatic nitrogens is 1. The third-order valence-corrected chi connectivity index (χ3v) is 6.02. The van der Waals surface area contributed by atoms with Crippen LogP contribution >= 0.6 is 0 Å². The second-order valence-electron chi connectivity index (χ2n) is 10.6. The van der Waals surface area contributed by atoms with Crippen molar-refractivity contribution in [1.82, 2.24) is 26.0 Å². The number of hydrogen-bond donors (Lipinski definition) is 3. The molecular weight excluding hydrogens is 558 g/mol. The quantitative estimate of drug-likeness (QED) is 0.149. The van der Waals surface area contributed by atoms with Crippen molar-refractivity contribution in [2.75, 3.05) is 26.4 Å². The second-order valence-corrected chi connectivity index (χ2v) is 10.6. The molecule has 2 aromatic rings. The van der Waals surface area contributed by atoms with Crippen molar-refractivity contribution in [3.63, 3.8) is 0 Å². The van der Waals surface area contributed by atoms with Gasteiger partial charge in [0.25, 0.3) is 0 Å². The van der Waals surface area contributed by atoms with E-state index in [9.17, 15) is 19.2 Å². The minimum Gasteiger partial charge on any atom is -0.460 e. The number of urea groups is 1. The van der Waals surface area contributed by atoms with Crippen LogP contribution in [0.3, 0.4) is 0 Å². The Morgan fingerprint density at radius 1 is 1.00 bits per heavy atom. The molecule has 1 aromatic heterocycles. The summed E-state index contributed by atoms with van der Waals surface area (Å²) in [5, 5.41) is 5.93. The zero-order valence-corrected chi connectivity index (χ0v) is 26.1. The van der Waals surface area contributed by atoms with Crippen LogP contribution in [0.1, 0.15) is 60.5 Å². The number of amides is 4. The molecule has 13 heteroatoms. The van der Waals surface area contributed by atoms with Gasteiger partial charge in [-0.25, -0.2) is 10.3 Å². The van der Waals surface area contributed by atoms with Gasteiger partial charge in [0.15, 0.2) is 12.9 Å². The molecule has 0 aliphatic heterocycles. The van der Waals surface area contributed by atoms with E-state index in [2.05, 4.69) is 21.1 Å². The lowest BCUT2D eigenvalue weighted by Gasteiger charge is -2.36. The van der Waals surface area contributed by atoms with Crippen LogP contribution in [0.2, 0.25) is 0 Å². The van der Waals surface area contributed by atoms with Crippen LogP contribution in [0, 0.1) is 0 Å². The first-order valence-electron chi connectivity index (χ1n) is 14.4. The maximum atomic E-state index is 14.3. The average molecular weight is 604 g/mol. The lowest BCUT2D eigenvalue weighted by Crippen LogP contribution is -2.55. The highest BCUT2D eigenvalue weighted by Crippen LogP contribution is 2.22. The van der Waals surface area contributed by atoms with Gasteiger partial charge in [-0.05, 0) is 60.1 Å². The minimum absolute atomic E-state index is 0.0843. The summed E-state index contributed by atoms with van der Waals surface area (Å²) in [4.78, 5) is 62.6. The highest BCUT2D eigenvalue weighted by atomic mass is 16.7. The smallest absolute Gasteiger partial charge is 0.338 e. The molecular formula is C30H45N5O8. The first-order chi connectivity index (χ1) is 20.4. The molecule has 0 spiro atoms. The second kappa shape index (κ2) is 17.3. The number of nitrogens with one attached hydrogen (secondary N) is 3. The van der Waals surface area contributed by atoms with E-state index in [0.29, 0.717) is 25.3 Å². The van der Waals surface area contributed by atoms with Crippen molar-refractivity contribution in [3.05, 3.63) is 42.1 Å². The Bertz CT molecular complexity index is 1210. The molecule has 0 saturated carbocycles. The summed E-state index contributed by atoms with van der Waals surface area (Å²) >= 11 is 0. The maximum Gasteiger partial charge on any atom is 0.338 e. The van der Waals surface area contributed by atoms with Gasteiger partial charge in [0, 0.05) is 37.9 Å². The Labute approximate surface area is 252 Å². The Morgan fingerprint density at radius 2 is 1.67 bits per heavy atom. The van der Waals surface area contributed by atoms with Crippen LogP contribution in [-0.4, -0.2) is 84.0 Å². The zero-order valence-electron chi connectivity index (χ0n) is 26.1. The van der Waals surface area contributed by atoms with Gasteiger partial charge in [-0.3, -0.25) is 24.2 Å². The normalized spacial score (nSPS) is 12.8. The van der Waals surface area contributed by atoms with Gasteiger partial charge in [-0.1, -0.05) is 24.3 Å². The number of carbonyl (C=O) groups excluding carboxylic acids is 4. The summed E-state index contributed by atoms with van der Waals surface area (Å²) in [6.45, 7) is 12.8. The summed E-state index contributed by atoms with van der Waals surface area (Å²) < 4.78 is 17.1. The zero-order chi connectivity index (χ0) is 32.0. The number of para-hydroxylation sites is 1. The van der Waals surface area contributed by atoms with Gasteiger partial charge in [0.2, 0.25) is 11.8 Å². The molecule has 0 fully saturated rings. The third kappa shape index (κ3) is 11.8. The van der Waals surface area contributed by atoms with Crippen molar-refractivity contribution in [1.29, 1.82) is 0 Å².